The van der Waals surface area contributed by atoms with Crippen molar-refractivity contribution in [3.05, 3.63) is 34.6 Å². The average molecular weight is 549 g/mol. The summed E-state index contributed by atoms with van der Waals surface area (Å²) in [6.45, 7) is 1.53. The van der Waals surface area contributed by atoms with Crippen LogP contribution in [0, 0.1) is 11.7 Å². The van der Waals surface area contributed by atoms with E-state index in [1.54, 1.807) is 19.2 Å². The Balaban J connectivity index is 0.00000256. The van der Waals surface area contributed by atoms with Crippen LogP contribution in [0.3, 0.4) is 0 Å². The lowest BCUT2D eigenvalue weighted by Gasteiger charge is -2.26. The van der Waals surface area contributed by atoms with Crippen LogP contribution in [0.4, 0.5) is 4.39 Å². The van der Waals surface area contributed by atoms with Crippen LogP contribution < -0.4 is 10.6 Å². The molecule has 3 fully saturated rings. The largest absolute Gasteiger partial charge is 0.353 e. The number of halogens is 3. The van der Waals surface area contributed by atoms with E-state index in [0.29, 0.717) is 22.5 Å². The molecule has 8 heteroatoms. The van der Waals surface area contributed by atoms with Gasteiger partial charge in [0.2, 0.25) is 5.91 Å². The van der Waals surface area contributed by atoms with Gasteiger partial charge in [0.1, 0.15) is 5.82 Å². The van der Waals surface area contributed by atoms with Gasteiger partial charge in [-0.15, -0.1) is 24.0 Å². The van der Waals surface area contributed by atoms with E-state index in [0.717, 1.165) is 38.8 Å². The van der Waals surface area contributed by atoms with Crippen molar-refractivity contribution in [3.63, 3.8) is 0 Å². The van der Waals surface area contributed by atoms with Gasteiger partial charge in [0.15, 0.2) is 5.96 Å². The van der Waals surface area contributed by atoms with E-state index in [4.69, 9.17) is 11.6 Å². The number of amides is 1. The second-order valence-electron chi connectivity index (χ2n) is 8.55. The van der Waals surface area contributed by atoms with Gasteiger partial charge in [-0.25, -0.2) is 4.39 Å². The maximum atomic E-state index is 14.1. The molecule has 4 rings (SSSR count). The van der Waals surface area contributed by atoms with E-state index in [2.05, 4.69) is 15.6 Å². The van der Waals surface area contributed by atoms with Gasteiger partial charge in [-0.1, -0.05) is 36.9 Å². The highest BCUT2D eigenvalue weighted by Gasteiger charge is 2.42. The van der Waals surface area contributed by atoms with Gasteiger partial charge in [0.25, 0.3) is 0 Å². The van der Waals surface area contributed by atoms with Gasteiger partial charge in [0, 0.05) is 54.6 Å². The molecule has 1 aliphatic heterocycles. The molecule has 5 nitrogen and oxygen atoms in total. The lowest BCUT2D eigenvalue weighted by molar-refractivity contribution is -0.135. The van der Waals surface area contributed by atoms with Gasteiger partial charge in [0.05, 0.1) is 0 Å². The fourth-order valence-electron chi connectivity index (χ4n) is 4.76. The molecule has 2 aliphatic carbocycles. The van der Waals surface area contributed by atoms with Gasteiger partial charge in [-0.3, -0.25) is 9.79 Å². The van der Waals surface area contributed by atoms with Crippen molar-refractivity contribution in [2.75, 3.05) is 20.1 Å². The van der Waals surface area contributed by atoms with Crippen LogP contribution >= 0.6 is 35.6 Å². The minimum atomic E-state index is -0.248. The summed E-state index contributed by atoms with van der Waals surface area (Å²) in [6, 6.07) is 5.14. The monoisotopic (exact) mass is 548 g/mol. The Kier molecular flexibility index (Phi) is 8.24. The fraction of sp³-hybridized carbons (Fsp3) is 0.636. The molecule has 1 aromatic carbocycles. The molecular formula is C22H31ClFIN4O. The smallest absolute Gasteiger partial charge is 0.225 e. The first-order chi connectivity index (χ1) is 14.1. The van der Waals surface area contributed by atoms with Crippen LogP contribution in [0.5, 0.6) is 0 Å². The summed E-state index contributed by atoms with van der Waals surface area (Å²) < 4.78 is 14.1. The highest BCUT2D eigenvalue weighted by atomic mass is 127. The summed E-state index contributed by atoms with van der Waals surface area (Å²) >= 11 is 6.20. The number of hydrogen-bond acceptors (Lipinski definition) is 2. The summed E-state index contributed by atoms with van der Waals surface area (Å²) in [5.41, 5.74) is 0.590. The molecule has 3 aliphatic rings. The van der Waals surface area contributed by atoms with E-state index >= 15 is 0 Å². The van der Waals surface area contributed by atoms with Crippen LogP contribution in [0.2, 0.25) is 5.02 Å². The van der Waals surface area contributed by atoms with Crippen LogP contribution in [0.1, 0.15) is 56.4 Å². The van der Waals surface area contributed by atoms with Crippen molar-refractivity contribution in [3.8, 4) is 0 Å². The first-order valence-corrected chi connectivity index (χ1v) is 11.2. The molecule has 2 saturated carbocycles. The third-order valence-electron chi connectivity index (χ3n) is 6.50. The normalized spacial score (nSPS) is 26.8. The first kappa shape index (κ1) is 23.6. The molecule has 3 atom stereocenters. The maximum absolute atomic E-state index is 14.1. The number of hydrogen-bond donors (Lipinski definition) is 2. The van der Waals surface area contributed by atoms with Crippen molar-refractivity contribution in [2.45, 2.75) is 62.9 Å². The Labute approximate surface area is 200 Å². The third kappa shape index (κ3) is 5.39. The van der Waals surface area contributed by atoms with E-state index in [-0.39, 0.29) is 53.7 Å². The highest BCUT2D eigenvalue weighted by Crippen LogP contribution is 2.44. The third-order valence-corrected chi connectivity index (χ3v) is 6.83. The van der Waals surface area contributed by atoms with Gasteiger partial charge >= 0.3 is 0 Å². The minimum absolute atomic E-state index is 0. The summed E-state index contributed by atoms with van der Waals surface area (Å²) in [5.74, 6) is 1.07. The molecular weight excluding hydrogens is 518 g/mol. The molecule has 1 heterocycles. The number of nitrogens with one attached hydrogen (secondary N) is 2. The quantitative estimate of drug-likeness (QED) is 0.335. The maximum Gasteiger partial charge on any atom is 0.225 e. The van der Waals surface area contributed by atoms with Crippen LogP contribution in [-0.4, -0.2) is 49.0 Å². The summed E-state index contributed by atoms with van der Waals surface area (Å²) in [7, 11) is 1.74. The van der Waals surface area contributed by atoms with E-state index < -0.39 is 0 Å². The van der Waals surface area contributed by atoms with Gasteiger partial charge in [-0.2, -0.15) is 0 Å². The minimum Gasteiger partial charge on any atom is -0.353 e. The number of benzene rings is 1. The summed E-state index contributed by atoms with van der Waals surface area (Å²) in [5, 5.41) is 7.31. The molecule has 3 unspecified atom stereocenters. The van der Waals surface area contributed by atoms with Crippen molar-refractivity contribution in [1.82, 2.24) is 15.5 Å². The summed E-state index contributed by atoms with van der Waals surface area (Å²) in [6.07, 6.45) is 7.45. The second-order valence-corrected chi connectivity index (χ2v) is 8.96. The van der Waals surface area contributed by atoms with Gasteiger partial charge < -0.3 is 15.5 Å². The first-order valence-electron chi connectivity index (χ1n) is 10.8. The van der Waals surface area contributed by atoms with Crippen molar-refractivity contribution < 1.29 is 9.18 Å². The number of aliphatic imine (C=N–C) groups is 1. The second kappa shape index (κ2) is 10.5. The van der Waals surface area contributed by atoms with Crippen molar-refractivity contribution >= 4 is 47.4 Å². The number of guanidine groups is 1. The standard InChI is InChI=1S/C22H30ClFN4O.HI/c1-25-22(27-19-12-16(19)20-17(23)8-5-9-18(20)24)26-15-10-11-28(13-15)21(29)14-6-3-2-4-7-14;/h5,8-9,14-16,19H,2-4,6-7,10-13H2,1H3,(H2,25,26,27);1H. The molecule has 1 aromatic rings. The predicted molar refractivity (Wildman–Crippen MR) is 129 cm³/mol. The Morgan fingerprint density at radius 3 is 2.67 bits per heavy atom. The van der Waals surface area contributed by atoms with Crippen LogP contribution in [-0.2, 0) is 4.79 Å². The topological polar surface area (TPSA) is 56.7 Å². The molecule has 0 aromatic heterocycles. The zero-order valence-electron chi connectivity index (χ0n) is 17.4. The zero-order valence-corrected chi connectivity index (χ0v) is 20.5. The molecule has 0 bridgehead atoms. The molecule has 1 saturated heterocycles. The molecule has 0 spiro atoms. The molecule has 2 N–H and O–H groups in total. The Bertz CT molecular complexity index is 766. The summed E-state index contributed by atoms with van der Waals surface area (Å²) in [4.78, 5) is 19.1. The number of carbonyl (C=O) groups excluding carboxylic acids is 1. The molecule has 1 amide bonds. The zero-order chi connectivity index (χ0) is 20.4. The average Bonchev–Trinajstić information content (AvgIpc) is 3.31. The van der Waals surface area contributed by atoms with E-state index in [1.807, 2.05) is 4.90 Å². The highest BCUT2D eigenvalue weighted by molar-refractivity contribution is 14.0. The van der Waals surface area contributed by atoms with Gasteiger partial charge in [-0.05, 0) is 37.8 Å². The number of rotatable bonds is 4. The van der Waals surface area contributed by atoms with Crippen LogP contribution in [0.25, 0.3) is 0 Å². The lowest BCUT2D eigenvalue weighted by Crippen LogP contribution is -2.46. The number of nitrogens with zero attached hydrogens (tertiary/aromatic N) is 2. The van der Waals surface area contributed by atoms with E-state index in [1.165, 1.54) is 25.3 Å². The van der Waals surface area contributed by atoms with Crippen molar-refractivity contribution in [2.24, 2.45) is 10.9 Å². The SMILES string of the molecule is CN=C(NC1CCN(C(=O)C2CCCCC2)C1)NC1CC1c1c(F)cccc1Cl.I. The Hall–Kier alpha value is -1.09. The van der Waals surface area contributed by atoms with Crippen LogP contribution in [0.15, 0.2) is 23.2 Å². The molecule has 0 radical (unpaired) electrons. The number of likely N-dealkylation sites (tertiary alicyclic amines) is 1. The number of carbonyl (C=O) groups is 1. The molecule has 166 valence electrons. The van der Waals surface area contributed by atoms with Crippen molar-refractivity contribution in [1.29, 1.82) is 0 Å². The lowest BCUT2D eigenvalue weighted by atomic mass is 9.88. The fourth-order valence-corrected chi connectivity index (χ4v) is 5.07. The van der Waals surface area contributed by atoms with E-state index in [9.17, 15) is 9.18 Å². The Morgan fingerprint density at radius 2 is 1.97 bits per heavy atom. The Morgan fingerprint density at radius 1 is 1.20 bits per heavy atom. The predicted octanol–water partition coefficient (Wildman–Crippen LogP) is 4.30. The molecule has 30 heavy (non-hydrogen) atoms.